The summed E-state index contributed by atoms with van der Waals surface area (Å²) < 4.78 is 0. The number of benzene rings is 1. The summed E-state index contributed by atoms with van der Waals surface area (Å²) in [5, 5.41) is 3.87. The number of rotatable bonds is 5. The number of hydrogen-bond acceptors (Lipinski definition) is 2. The lowest BCUT2D eigenvalue weighted by atomic mass is 9.89. The third-order valence-corrected chi connectivity index (χ3v) is 5.13. The van der Waals surface area contributed by atoms with Crippen LogP contribution in [-0.2, 0) is 0 Å². The lowest BCUT2D eigenvalue weighted by Crippen LogP contribution is -2.61. The Morgan fingerprint density at radius 3 is 2.65 bits per heavy atom. The van der Waals surface area contributed by atoms with Gasteiger partial charge >= 0.3 is 0 Å². The molecule has 1 aromatic carbocycles. The minimum Gasteiger partial charge on any atom is -0.308 e. The van der Waals surface area contributed by atoms with Crippen molar-refractivity contribution < 1.29 is 0 Å². The Morgan fingerprint density at radius 2 is 2.00 bits per heavy atom. The van der Waals surface area contributed by atoms with Crippen molar-refractivity contribution in [1.29, 1.82) is 0 Å². The lowest BCUT2D eigenvalue weighted by molar-refractivity contribution is 0.0734. The minimum atomic E-state index is 0.346. The van der Waals surface area contributed by atoms with Gasteiger partial charge in [0.15, 0.2) is 0 Å². The van der Waals surface area contributed by atoms with Crippen molar-refractivity contribution in [2.45, 2.75) is 51.1 Å². The molecule has 1 aromatic rings. The third kappa shape index (κ3) is 2.91. The van der Waals surface area contributed by atoms with Crippen LogP contribution in [0.1, 0.15) is 51.1 Å². The van der Waals surface area contributed by atoms with E-state index in [1.807, 2.05) is 0 Å². The van der Waals surface area contributed by atoms with Gasteiger partial charge in [-0.3, -0.25) is 4.90 Å². The van der Waals surface area contributed by atoms with Crippen molar-refractivity contribution in [3.05, 3.63) is 35.9 Å². The maximum absolute atomic E-state index is 3.87. The van der Waals surface area contributed by atoms with Crippen molar-refractivity contribution in [3.8, 4) is 0 Å². The number of piperazine rings is 1. The quantitative estimate of drug-likeness (QED) is 0.881. The first kappa shape index (κ1) is 14.1. The number of hydrogen-bond donors (Lipinski definition) is 1. The highest BCUT2D eigenvalue weighted by molar-refractivity contribution is 5.21. The van der Waals surface area contributed by atoms with E-state index in [1.165, 1.54) is 44.3 Å². The SMILES string of the molecule is CCCCN1CC(C)(C2CC2)NCC1c1ccccc1. The van der Waals surface area contributed by atoms with Crippen LogP contribution >= 0.6 is 0 Å². The number of nitrogens with zero attached hydrogens (tertiary/aromatic N) is 1. The van der Waals surface area contributed by atoms with Crippen LogP contribution in [0.3, 0.4) is 0 Å². The molecule has 0 spiro atoms. The molecule has 0 radical (unpaired) electrons. The van der Waals surface area contributed by atoms with Gasteiger partial charge in [-0.15, -0.1) is 0 Å². The van der Waals surface area contributed by atoms with Gasteiger partial charge in [-0.05, 0) is 44.2 Å². The van der Waals surface area contributed by atoms with E-state index in [2.05, 4.69) is 54.4 Å². The Hall–Kier alpha value is -0.860. The summed E-state index contributed by atoms with van der Waals surface area (Å²) in [5.41, 5.74) is 1.81. The van der Waals surface area contributed by atoms with Crippen LogP contribution in [0, 0.1) is 5.92 Å². The Morgan fingerprint density at radius 1 is 1.25 bits per heavy atom. The monoisotopic (exact) mass is 272 g/mol. The number of nitrogens with one attached hydrogen (secondary N) is 1. The zero-order valence-electron chi connectivity index (χ0n) is 12.9. The molecule has 3 rings (SSSR count). The van der Waals surface area contributed by atoms with Gasteiger partial charge in [-0.25, -0.2) is 0 Å². The van der Waals surface area contributed by atoms with Crippen molar-refractivity contribution in [2.75, 3.05) is 19.6 Å². The van der Waals surface area contributed by atoms with Gasteiger partial charge in [0.2, 0.25) is 0 Å². The molecule has 0 aromatic heterocycles. The molecule has 2 atom stereocenters. The molecular weight excluding hydrogens is 244 g/mol. The third-order valence-electron chi connectivity index (χ3n) is 5.13. The average molecular weight is 272 g/mol. The standard InChI is InChI=1S/C18H28N2/c1-3-4-12-20-14-18(2,16-10-11-16)19-13-17(20)15-8-6-5-7-9-15/h5-9,16-17,19H,3-4,10-14H2,1-2H3. The van der Waals surface area contributed by atoms with E-state index in [1.54, 1.807) is 0 Å². The van der Waals surface area contributed by atoms with E-state index >= 15 is 0 Å². The molecule has 0 amide bonds. The van der Waals surface area contributed by atoms with E-state index in [0.29, 0.717) is 11.6 Å². The van der Waals surface area contributed by atoms with Crippen LogP contribution in [0.25, 0.3) is 0 Å². The van der Waals surface area contributed by atoms with Gasteiger partial charge in [0.05, 0.1) is 0 Å². The molecule has 1 saturated heterocycles. The average Bonchev–Trinajstić information content (AvgIpc) is 3.31. The van der Waals surface area contributed by atoms with E-state index in [9.17, 15) is 0 Å². The first-order chi connectivity index (χ1) is 9.73. The van der Waals surface area contributed by atoms with Gasteiger partial charge in [0, 0.05) is 24.7 Å². The second-order valence-electron chi connectivity index (χ2n) is 6.82. The van der Waals surface area contributed by atoms with Crippen molar-refractivity contribution in [2.24, 2.45) is 5.92 Å². The Kier molecular flexibility index (Phi) is 4.13. The zero-order chi connectivity index (χ0) is 14.0. The molecule has 1 aliphatic heterocycles. The van der Waals surface area contributed by atoms with E-state index < -0.39 is 0 Å². The highest BCUT2D eigenvalue weighted by atomic mass is 15.3. The van der Waals surface area contributed by atoms with Crippen LogP contribution in [0.15, 0.2) is 30.3 Å². The summed E-state index contributed by atoms with van der Waals surface area (Å²) in [5.74, 6) is 0.906. The fraction of sp³-hybridized carbons (Fsp3) is 0.667. The second kappa shape index (κ2) is 5.87. The lowest BCUT2D eigenvalue weighted by Gasteiger charge is -2.47. The largest absolute Gasteiger partial charge is 0.308 e. The normalized spacial score (nSPS) is 31.4. The molecule has 20 heavy (non-hydrogen) atoms. The second-order valence-corrected chi connectivity index (χ2v) is 6.82. The highest BCUT2D eigenvalue weighted by Crippen LogP contribution is 2.42. The Bertz CT molecular complexity index is 426. The summed E-state index contributed by atoms with van der Waals surface area (Å²) in [7, 11) is 0. The summed E-state index contributed by atoms with van der Waals surface area (Å²) in [4.78, 5) is 2.73. The molecule has 2 fully saturated rings. The molecular formula is C18H28N2. The molecule has 2 aliphatic rings. The van der Waals surface area contributed by atoms with Crippen LogP contribution in [0.4, 0.5) is 0 Å². The van der Waals surface area contributed by atoms with Crippen LogP contribution in [-0.4, -0.2) is 30.1 Å². The van der Waals surface area contributed by atoms with Crippen molar-refractivity contribution in [3.63, 3.8) is 0 Å². The summed E-state index contributed by atoms with van der Waals surface area (Å²) in [6.07, 6.45) is 5.43. The molecule has 2 unspecified atom stereocenters. The molecule has 1 saturated carbocycles. The van der Waals surface area contributed by atoms with Crippen LogP contribution < -0.4 is 5.32 Å². The van der Waals surface area contributed by atoms with Gasteiger partial charge in [-0.2, -0.15) is 0 Å². The predicted molar refractivity (Wildman–Crippen MR) is 84.8 cm³/mol. The molecule has 1 heterocycles. The molecule has 2 heteroatoms. The van der Waals surface area contributed by atoms with Gasteiger partial charge < -0.3 is 5.32 Å². The smallest absolute Gasteiger partial charge is 0.0473 e. The van der Waals surface area contributed by atoms with Gasteiger partial charge in [0.1, 0.15) is 0 Å². The molecule has 2 nitrogen and oxygen atoms in total. The van der Waals surface area contributed by atoms with Crippen molar-refractivity contribution in [1.82, 2.24) is 10.2 Å². The van der Waals surface area contributed by atoms with E-state index in [-0.39, 0.29) is 0 Å². The topological polar surface area (TPSA) is 15.3 Å². The molecule has 0 bridgehead atoms. The van der Waals surface area contributed by atoms with Gasteiger partial charge in [0.25, 0.3) is 0 Å². The fourth-order valence-electron chi connectivity index (χ4n) is 3.64. The van der Waals surface area contributed by atoms with E-state index in [4.69, 9.17) is 0 Å². The maximum Gasteiger partial charge on any atom is 0.0473 e. The Labute approximate surface area is 123 Å². The summed E-state index contributed by atoms with van der Waals surface area (Å²) in [6.45, 7) is 8.27. The van der Waals surface area contributed by atoms with Gasteiger partial charge in [-0.1, -0.05) is 43.7 Å². The van der Waals surface area contributed by atoms with E-state index in [0.717, 1.165) is 12.5 Å². The fourth-order valence-corrected chi connectivity index (χ4v) is 3.64. The van der Waals surface area contributed by atoms with Crippen molar-refractivity contribution >= 4 is 0 Å². The van der Waals surface area contributed by atoms with Crippen LogP contribution in [0.5, 0.6) is 0 Å². The maximum atomic E-state index is 3.87. The number of unbranched alkanes of at least 4 members (excludes halogenated alkanes) is 1. The van der Waals surface area contributed by atoms with Crippen LogP contribution in [0.2, 0.25) is 0 Å². The first-order valence-electron chi connectivity index (χ1n) is 8.27. The Balaban J connectivity index is 1.75. The molecule has 1 aliphatic carbocycles. The molecule has 1 N–H and O–H groups in total. The molecule has 110 valence electrons. The highest BCUT2D eigenvalue weighted by Gasteiger charge is 2.45. The first-order valence-corrected chi connectivity index (χ1v) is 8.27. The summed E-state index contributed by atoms with van der Waals surface area (Å²) >= 11 is 0. The zero-order valence-corrected chi connectivity index (χ0v) is 12.9. The predicted octanol–water partition coefficient (Wildman–Crippen LogP) is 3.60. The summed E-state index contributed by atoms with van der Waals surface area (Å²) in [6, 6.07) is 11.6. The minimum absolute atomic E-state index is 0.346.